The second kappa shape index (κ2) is 5.12. The fraction of sp³-hybridized carbons (Fsp3) is 0.316. The lowest BCUT2D eigenvalue weighted by Crippen LogP contribution is -2.35. The van der Waals surface area contributed by atoms with E-state index in [-0.39, 0.29) is 0 Å². The number of nitrogens with zero attached hydrogens (tertiary/aromatic N) is 2. The molecule has 0 amide bonds. The Bertz CT molecular complexity index is 635. The van der Waals surface area contributed by atoms with Crippen molar-refractivity contribution in [1.29, 1.82) is 0 Å². The Morgan fingerprint density at radius 2 is 1.86 bits per heavy atom. The smallest absolute Gasteiger partial charge is 0.0595 e. The fourth-order valence-electron chi connectivity index (χ4n) is 3.94. The topological polar surface area (TPSA) is 16.1 Å². The van der Waals surface area contributed by atoms with E-state index in [1.54, 1.807) is 0 Å². The molecule has 1 aliphatic heterocycles. The molecule has 2 aliphatic rings. The van der Waals surface area contributed by atoms with Crippen LogP contribution in [0.25, 0.3) is 0 Å². The molecule has 0 spiro atoms. The summed E-state index contributed by atoms with van der Waals surface area (Å²) < 4.78 is 0. The van der Waals surface area contributed by atoms with Crippen LogP contribution in [0.15, 0.2) is 66.9 Å². The number of pyridine rings is 1. The molecule has 1 saturated heterocycles. The van der Waals surface area contributed by atoms with Crippen molar-refractivity contribution < 1.29 is 0 Å². The maximum atomic E-state index is 4.63. The van der Waals surface area contributed by atoms with Crippen LogP contribution in [-0.4, -0.2) is 15.9 Å². The van der Waals surface area contributed by atoms with Crippen LogP contribution in [0.5, 0.6) is 0 Å². The van der Waals surface area contributed by atoms with Crippen LogP contribution in [0.2, 0.25) is 0 Å². The molecule has 1 aliphatic carbocycles. The number of hydrogen-bond acceptors (Lipinski definition) is 2. The standard InChI is InChI=1S/C19H20N2/c1-14(15-7-3-2-4-8-15)21-17-11-10-16(13-17)19(21)18-9-5-6-12-20-18/h2-12,14,16-17,19H,13H2,1H3/t14-,16-,17+,19-/m0/s1. The van der Waals surface area contributed by atoms with Gasteiger partial charge < -0.3 is 0 Å². The van der Waals surface area contributed by atoms with Gasteiger partial charge in [-0.2, -0.15) is 0 Å². The van der Waals surface area contributed by atoms with E-state index >= 15 is 0 Å². The van der Waals surface area contributed by atoms with Crippen molar-refractivity contribution in [2.24, 2.45) is 5.92 Å². The zero-order chi connectivity index (χ0) is 14.2. The highest BCUT2D eigenvalue weighted by molar-refractivity contribution is 5.27. The van der Waals surface area contributed by atoms with Crippen molar-refractivity contribution in [1.82, 2.24) is 9.88 Å². The maximum Gasteiger partial charge on any atom is 0.0595 e. The highest BCUT2D eigenvalue weighted by Crippen LogP contribution is 2.49. The first kappa shape index (κ1) is 12.8. The molecule has 0 saturated carbocycles. The van der Waals surface area contributed by atoms with Crippen molar-refractivity contribution in [3.05, 3.63) is 78.1 Å². The summed E-state index contributed by atoms with van der Waals surface area (Å²) in [7, 11) is 0. The summed E-state index contributed by atoms with van der Waals surface area (Å²) in [5, 5.41) is 0. The van der Waals surface area contributed by atoms with E-state index in [0.29, 0.717) is 24.0 Å². The summed E-state index contributed by atoms with van der Waals surface area (Å²) in [6.07, 6.45) is 7.91. The first-order valence-corrected chi connectivity index (χ1v) is 7.76. The van der Waals surface area contributed by atoms with Gasteiger partial charge in [-0.1, -0.05) is 48.6 Å². The number of fused-ring (bicyclic) bond motifs is 2. The van der Waals surface area contributed by atoms with Gasteiger partial charge in [0.25, 0.3) is 0 Å². The number of likely N-dealkylation sites (tertiary alicyclic amines) is 1. The van der Waals surface area contributed by atoms with Crippen molar-refractivity contribution >= 4 is 0 Å². The molecule has 4 atom stereocenters. The quantitative estimate of drug-likeness (QED) is 0.783. The minimum atomic E-state index is 0.413. The predicted molar refractivity (Wildman–Crippen MR) is 84.7 cm³/mol. The number of hydrogen-bond donors (Lipinski definition) is 0. The lowest BCUT2D eigenvalue weighted by molar-refractivity contribution is 0.142. The Hall–Kier alpha value is -1.93. The van der Waals surface area contributed by atoms with E-state index in [1.807, 2.05) is 12.3 Å². The van der Waals surface area contributed by atoms with Gasteiger partial charge in [-0.05, 0) is 37.0 Å². The van der Waals surface area contributed by atoms with Crippen molar-refractivity contribution in [3.8, 4) is 0 Å². The Labute approximate surface area is 126 Å². The summed E-state index contributed by atoms with van der Waals surface area (Å²) in [5.74, 6) is 0.607. The van der Waals surface area contributed by atoms with E-state index in [1.165, 1.54) is 17.7 Å². The zero-order valence-electron chi connectivity index (χ0n) is 12.3. The Kier molecular flexibility index (Phi) is 3.12. The second-order valence-corrected chi connectivity index (χ2v) is 6.09. The Balaban J connectivity index is 1.71. The molecule has 2 bridgehead atoms. The summed E-state index contributed by atoms with van der Waals surface area (Å²) >= 11 is 0. The molecular weight excluding hydrogens is 256 g/mol. The van der Waals surface area contributed by atoms with E-state index in [2.05, 4.69) is 71.4 Å². The largest absolute Gasteiger partial charge is 0.281 e. The highest BCUT2D eigenvalue weighted by Gasteiger charge is 2.45. The van der Waals surface area contributed by atoms with E-state index in [9.17, 15) is 0 Å². The second-order valence-electron chi connectivity index (χ2n) is 6.09. The molecule has 4 rings (SSSR count). The number of rotatable bonds is 3. The van der Waals surface area contributed by atoms with Crippen LogP contribution >= 0.6 is 0 Å². The fourth-order valence-corrected chi connectivity index (χ4v) is 3.94. The molecule has 0 radical (unpaired) electrons. The zero-order valence-corrected chi connectivity index (χ0v) is 12.3. The van der Waals surface area contributed by atoms with Gasteiger partial charge in [-0.15, -0.1) is 0 Å². The summed E-state index contributed by atoms with van der Waals surface area (Å²) in [5.41, 5.74) is 2.59. The SMILES string of the molecule is C[C@@H](c1ccccc1)N1[C@@H]2C=C[C@@H](C2)[C@H]1c1ccccn1. The lowest BCUT2D eigenvalue weighted by Gasteiger charge is -2.37. The third-order valence-corrected chi connectivity index (χ3v) is 4.92. The highest BCUT2D eigenvalue weighted by atomic mass is 15.3. The molecule has 2 nitrogen and oxygen atoms in total. The summed E-state index contributed by atoms with van der Waals surface area (Å²) in [6, 6.07) is 18.5. The molecule has 106 valence electrons. The third-order valence-electron chi connectivity index (χ3n) is 4.92. The monoisotopic (exact) mass is 276 g/mol. The normalized spacial score (nSPS) is 28.9. The van der Waals surface area contributed by atoms with Gasteiger partial charge in [0, 0.05) is 18.3 Å². The summed E-state index contributed by atoms with van der Waals surface area (Å²) in [4.78, 5) is 7.27. The molecular formula is C19H20N2. The number of aromatic nitrogens is 1. The van der Waals surface area contributed by atoms with Crippen molar-refractivity contribution in [3.63, 3.8) is 0 Å². The molecule has 2 heterocycles. The van der Waals surface area contributed by atoms with Gasteiger partial charge in [0.1, 0.15) is 0 Å². The minimum Gasteiger partial charge on any atom is -0.281 e. The Morgan fingerprint density at radius 3 is 2.62 bits per heavy atom. The summed E-state index contributed by atoms with van der Waals surface area (Å²) in [6.45, 7) is 2.32. The molecule has 1 aromatic carbocycles. The third kappa shape index (κ3) is 2.11. The van der Waals surface area contributed by atoms with Gasteiger partial charge >= 0.3 is 0 Å². The van der Waals surface area contributed by atoms with Gasteiger partial charge in [0.05, 0.1) is 11.7 Å². The molecule has 21 heavy (non-hydrogen) atoms. The average Bonchev–Trinajstić information content (AvgIpc) is 3.17. The average molecular weight is 276 g/mol. The maximum absolute atomic E-state index is 4.63. The van der Waals surface area contributed by atoms with Crippen LogP contribution in [-0.2, 0) is 0 Å². The van der Waals surface area contributed by atoms with Gasteiger partial charge in [-0.3, -0.25) is 9.88 Å². The molecule has 2 aromatic rings. The molecule has 1 aromatic heterocycles. The molecule has 2 heteroatoms. The van der Waals surface area contributed by atoms with Gasteiger partial charge in [-0.25, -0.2) is 0 Å². The lowest BCUT2D eigenvalue weighted by atomic mass is 9.96. The first-order chi connectivity index (χ1) is 10.3. The van der Waals surface area contributed by atoms with Crippen LogP contribution in [0.3, 0.4) is 0 Å². The van der Waals surface area contributed by atoms with Gasteiger partial charge in [0.2, 0.25) is 0 Å². The minimum absolute atomic E-state index is 0.413. The molecule has 0 unspecified atom stereocenters. The van der Waals surface area contributed by atoms with Crippen LogP contribution in [0.4, 0.5) is 0 Å². The van der Waals surface area contributed by atoms with E-state index in [4.69, 9.17) is 0 Å². The predicted octanol–water partition coefficient (Wildman–Crippen LogP) is 4.14. The molecule has 1 fully saturated rings. The number of benzene rings is 1. The van der Waals surface area contributed by atoms with E-state index < -0.39 is 0 Å². The van der Waals surface area contributed by atoms with Crippen molar-refractivity contribution in [2.45, 2.75) is 31.5 Å². The van der Waals surface area contributed by atoms with Crippen LogP contribution in [0.1, 0.15) is 36.7 Å². The van der Waals surface area contributed by atoms with E-state index in [0.717, 1.165) is 0 Å². The first-order valence-electron chi connectivity index (χ1n) is 7.76. The molecule has 0 N–H and O–H groups in total. The Morgan fingerprint density at radius 1 is 1.05 bits per heavy atom. The van der Waals surface area contributed by atoms with Crippen molar-refractivity contribution in [2.75, 3.05) is 0 Å². The van der Waals surface area contributed by atoms with Gasteiger partial charge in [0.15, 0.2) is 0 Å². The van der Waals surface area contributed by atoms with Crippen LogP contribution < -0.4 is 0 Å². The van der Waals surface area contributed by atoms with Crippen LogP contribution in [0, 0.1) is 5.92 Å².